The Hall–Kier alpha value is -3.60. The minimum absolute atomic E-state index is 0.165. The zero-order chi connectivity index (χ0) is 24.1. The zero-order valence-electron chi connectivity index (χ0n) is 18.2. The van der Waals surface area contributed by atoms with Gasteiger partial charge in [-0.2, -0.15) is 0 Å². The quantitative estimate of drug-likeness (QED) is 0.369. The van der Waals surface area contributed by atoms with E-state index < -0.39 is 12.0 Å². The summed E-state index contributed by atoms with van der Waals surface area (Å²) < 4.78 is 11.2. The first-order valence-corrected chi connectivity index (χ1v) is 11.3. The number of pyridine rings is 2. The molecule has 1 aromatic carbocycles. The van der Waals surface area contributed by atoms with Gasteiger partial charge in [0.05, 0.1) is 30.0 Å². The van der Waals surface area contributed by atoms with Gasteiger partial charge in [-0.25, -0.2) is 0 Å². The molecule has 174 valence electrons. The summed E-state index contributed by atoms with van der Waals surface area (Å²) in [7, 11) is 1.58. The molecular weight excluding hydrogens is 478 g/mol. The van der Waals surface area contributed by atoms with E-state index in [4.69, 9.17) is 21.1 Å². The monoisotopic (exact) mass is 497 g/mol. The zero-order valence-corrected chi connectivity index (χ0v) is 19.8. The lowest BCUT2D eigenvalue weighted by atomic mass is 9.99. The number of methoxy groups -OCH3 is 1. The second-order valence-corrected chi connectivity index (χ2v) is 8.47. The van der Waals surface area contributed by atoms with Crippen LogP contribution in [0.25, 0.3) is 11.1 Å². The van der Waals surface area contributed by atoms with Gasteiger partial charge in [0.1, 0.15) is 5.75 Å². The lowest BCUT2D eigenvalue weighted by Gasteiger charge is -2.13. The van der Waals surface area contributed by atoms with Gasteiger partial charge in [-0.1, -0.05) is 34.9 Å². The number of ether oxygens (including phenoxy) is 2. The normalized spacial score (nSPS) is 11.6. The molecule has 0 aliphatic heterocycles. The van der Waals surface area contributed by atoms with Crippen molar-refractivity contribution in [1.29, 1.82) is 0 Å². The number of aliphatic hydroxyl groups excluding tert-OH is 1. The number of carbonyl (C=O) groups is 1. The molecule has 0 saturated heterocycles. The average Bonchev–Trinajstić information content (AvgIpc) is 3.29. The number of amides is 1. The fourth-order valence-corrected chi connectivity index (χ4v) is 3.94. The predicted octanol–water partition coefficient (Wildman–Crippen LogP) is 4.33. The van der Waals surface area contributed by atoms with Crippen LogP contribution in [0.1, 0.15) is 27.8 Å². The number of carbonyl (C=O) groups excluding carboxylic acids is 1. The Morgan fingerprint density at radius 2 is 1.97 bits per heavy atom. The predicted molar refractivity (Wildman–Crippen MR) is 129 cm³/mol. The number of aromatic nitrogens is 4. The molecule has 11 heteroatoms. The molecular formula is C23H20ClN5O4S. The summed E-state index contributed by atoms with van der Waals surface area (Å²) in [5.74, 6) is 0.230. The summed E-state index contributed by atoms with van der Waals surface area (Å²) >= 11 is 6.88. The maximum atomic E-state index is 13.1. The largest absolute Gasteiger partial charge is 0.496 e. The number of benzene rings is 1. The van der Waals surface area contributed by atoms with Crippen LogP contribution in [0, 0.1) is 6.92 Å². The number of hydrogen-bond donors (Lipinski definition) is 2. The fourth-order valence-electron chi connectivity index (χ4n) is 3.19. The third-order valence-electron chi connectivity index (χ3n) is 4.80. The number of aliphatic hydroxyl groups is 1. The molecule has 3 heterocycles. The Morgan fingerprint density at radius 1 is 1.15 bits per heavy atom. The molecule has 2 N–H and O–H groups in total. The molecule has 0 fully saturated rings. The summed E-state index contributed by atoms with van der Waals surface area (Å²) in [6.07, 6.45) is 2.22. The molecule has 0 aliphatic rings. The second-order valence-electron chi connectivity index (χ2n) is 7.09. The number of para-hydroxylation sites is 1. The van der Waals surface area contributed by atoms with Crippen LogP contribution in [0.15, 0.2) is 54.9 Å². The van der Waals surface area contributed by atoms with E-state index in [1.165, 1.54) is 12.4 Å². The summed E-state index contributed by atoms with van der Waals surface area (Å²) in [5.41, 5.74) is 3.04. The minimum atomic E-state index is -0.757. The first kappa shape index (κ1) is 23.6. The van der Waals surface area contributed by atoms with E-state index in [0.717, 1.165) is 22.6 Å². The van der Waals surface area contributed by atoms with Gasteiger partial charge in [0.25, 0.3) is 11.1 Å². The lowest BCUT2D eigenvalue weighted by molar-refractivity contribution is 0.102. The van der Waals surface area contributed by atoms with Crippen molar-refractivity contribution >= 4 is 34.0 Å². The fraction of sp³-hybridized carbons (Fsp3) is 0.174. The van der Waals surface area contributed by atoms with Crippen molar-refractivity contribution in [3.8, 4) is 22.1 Å². The standard InChI is InChI=1S/C23H20ClN5O4S/c1-13-9-16(15-5-3-4-6-19(15)32-2)17(11-25-13)21(31)27-22-28-29-23(34-22)33-20(12-30)18-8-7-14(24)10-26-18/h3-11,20,30H,12H2,1-2H3,(H,27,28,31). The van der Waals surface area contributed by atoms with Gasteiger partial charge in [-0.3, -0.25) is 20.1 Å². The maximum absolute atomic E-state index is 13.1. The molecule has 0 aliphatic carbocycles. The van der Waals surface area contributed by atoms with Crippen molar-refractivity contribution in [2.45, 2.75) is 13.0 Å². The van der Waals surface area contributed by atoms with E-state index in [9.17, 15) is 9.90 Å². The van der Waals surface area contributed by atoms with Crippen LogP contribution in [0.5, 0.6) is 10.9 Å². The smallest absolute Gasteiger partial charge is 0.296 e. The molecule has 9 nitrogen and oxygen atoms in total. The van der Waals surface area contributed by atoms with E-state index in [0.29, 0.717) is 27.6 Å². The van der Waals surface area contributed by atoms with E-state index in [2.05, 4.69) is 25.5 Å². The summed E-state index contributed by atoms with van der Waals surface area (Å²) in [4.78, 5) is 21.5. The summed E-state index contributed by atoms with van der Waals surface area (Å²) in [5, 5.41) is 21.2. The van der Waals surface area contributed by atoms with Crippen LogP contribution in [0.3, 0.4) is 0 Å². The summed E-state index contributed by atoms with van der Waals surface area (Å²) in [6, 6.07) is 12.6. The van der Waals surface area contributed by atoms with E-state index in [1.54, 1.807) is 19.2 Å². The van der Waals surface area contributed by atoms with Gasteiger partial charge in [0, 0.05) is 29.2 Å². The number of rotatable bonds is 8. The van der Waals surface area contributed by atoms with Crippen molar-refractivity contribution in [3.63, 3.8) is 0 Å². The molecule has 1 atom stereocenters. The van der Waals surface area contributed by atoms with Crippen molar-refractivity contribution in [1.82, 2.24) is 20.2 Å². The molecule has 0 bridgehead atoms. The topological polar surface area (TPSA) is 119 Å². The van der Waals surface area contributed by atoms with Gasteiger partial charge < -0.3 is 14.6 Å². The Labute approximate surface area is 204 Å². The van der Waals surface area contributed by atoms with Gasteiger partial charge in [0.15, 0.2) is 6.10 Å². The SMILES string of the molecule is COc1ccccc1-c1cc(C)ncc1C(=O)Nc1nnc(OC(CO)c2ccc(Cl)cn2)s1. The number of aryl methyl sites for hydroxylation is 1. The molecule has 1 unspecified atom stereocenters. The molecule has 34 heavy (non-hydrogen) atoms. The first-order valence-electron chi connectivity index (χ1n) is 10.1. The molecule has 3 aromatic heterocycles. The number of hydrogen-bond acceptors (Lipinski definition) is 9. The van der Waals surface area contributed by atoms with Gasteiger partial charge in [0.2, 0.25) is 5.13 Å². The molecule has 4 aromatic rings. The lowest BCUT2D eigenvalue weighted by Crippen LogP contribution is -2.14. The van der Waals surface area contributed by atoms with Gasteiger partial charge in [-0.05, 0) is 42.5 Å². The van der Waals surface area contributed by atoms with Crippen LogP contribution in [0.2, 0.25) is 5.02 Å². The molecule has 0 spiro atoms. The highest BCUT2D eigenvalue weighted by Crippen LogP contribution is 2.33. The third kappa shape index (κ3) is 5.30. The van der Waals surface area contributed by atoms with Crippen LogP contribution >= 0.6 is 22.9 Å². The van der Waals surface area contributed by atoms with Crippen LogP contribution < -0.4 is 14.8 Å². The van der Waals surface area contributed by atoms with Gasteiger partial charge >= 0.3 is 0 Å². The first-order chi connectivity index (χ1) is 16.5. The number of halogens is 1. The molecule has 4 rings (SSSR count). The van der Waals surface area contributed by atoms with Crippen molar-refractivity contribution in [2.75, 3.05) is 19.0 Å². The molecule has 0 saturated carbocycles. The number of anilines is 1. The van der Waals surface area contributed by atoms with Gasteiger partial charge in [-0.15, -0.1) is 5.10 Å². The number of nitrogens with zero attached hydrogens (tertiary/aromatic N) is 4. The highest BCUT2D eigenvalue weighted by atomic mass is 35.5. The van der Waals surface area contributed by atoms with Crippen LogP contribution in [0.4, 0.5) is 5.13 Å². The van der Waals surface area contributed by atoms with Crippen molar-refractivity contribution in [3.05, 3.63) is 76.8 Å². The Balaban J connectivity index is 1.54. The van der Waals surface area contributed by atoms with Crippen LogP contribution in [-0.4, -0.2) is 44.9 Å². The van der Waals surface area contributed by atoms with E-state index in [1.807, 2.05) is 37.3 Å². The minimum Gasteiger partial charge on any atom is -0.496 e. The Kier molecular flexibility index (Phi) is 7.31. The number of nitrogens with one attached hydrogen (secondary N) is 1. The Bertz CT molecular complexity index is 1300. The summed E-state index contributed by atoms with van der Waals surface area (Å²) in [6.45, 7) is 1.52. The maximum Gasteiger partial charge on any atom is 0.296 e. The van der Waals surface area contributed by atoms with Crippen LogP contribution in [-0.2, 0) is 0 Å². The second kappa shape index (κ2) is 10.6. The third-order valence-corrected chi connectivity index (χ3v) is 5.75. The van der Waals surface area contributed by atoms with Crippen molar-refractivity contribution in [2.24, 2.45) is 0 Å². The van der Waals surface area contributed by atoms with E-state index in [-0.39, 0.29) is 16.9 Å². The average molecular weight is 498 g/mol. The van der Waals surface area contributed by atoms with E-state index >= 15 is 0 Å². The molecule has 1 amide bonds. The highest BCUT2D eigenvalue weighted by Gasteiger charge is 2.20. The highest BCUT2D eigenvalue weighted by molar-refractivity contribution is 7.17. The Morgan fingerprint density at radius 3 is 2.71 bits per heavy atom. The molecule has 0 radical (unpaired) electrons. The van der Waals surface area contributed by atoms with Crippen molar-refractivity contribution < 1.29 is 19.4 Å².